The molecule has 1 atom stereocenters. The smallest absolute Gasteiger partial charge is 0.183 e. The molecule has 0 amide bonds. The molecule has 1 aromatic heterocycles. The van der Waals surface area contributed by atoms with Crippen molar-refractivity contribution in [1.29, 1.82) is 0 Å². The van der Waals surface area contributed by atoms with E-state index in [0.717, 1.165) is 17.2 Å². The van der Waals surface area contributed by atoms with Gasteiger partial charge in [-0.2, -0.15) is 11.8 Å². The minimum absolute atomic E-state index is 0.707. The summed E-state index contributed by atoms with van der Waals surface area (Å²) in [5.41, 5.74) is 2.39. The molecule has 1 heterocycles. The van der Waals surface area contributed by atoms with Gasteiger partial charge in [0.15, 0.2) is 5.13 Å². The SMILES string of the molecule is CSC(C)CCNc1nc2c(C)cccc2s1. The summed E-state index contributed by atoms with van der Waals surface area (Å²) >= 11 is 3.65. The van der Waals surface area contributed by atoms with Crippen LogP contribution in [0.1, 0.15) is 18.9 Å². The highest BCUT2D eigenvalue weighted by Gasteiger charge is 2.05. The summed E-state index contributed by atoms with van der Waals surface area (Å²) in [5, 5.41) is 5.17. The molecule has 2 rings (SSSR count). The molecule has 0 saturated carbocycles. The van der Waals surface area contributed by atoms with Crippen LogP contribution < -0.4 is 5.32 Å². The molecule has 0 spiro atoms. The number of thiazole rings is 1. The number of nitrogens with one attached hydrogen (secondary N) is 1. The predicted molar refractivity (Wildman–Crippen MR) is 80.4 cm³/mol. The second-order valence-corrected chi connectivity index (χ2v) is 6.51. The molecular formula is C13H18N2S2. The molecule has 2 aromatic rings. The van der Waals surface area contributed by atoms with Gasteiger partial charge in [-0.3, -0.25) is 0 Å². The van der Waals surface area contributed by atoms with Crippen LogP contribution in [0.4, 0.5) is 5.13 Å². The lowest BCUT2D eigenvalue weighted by atomic mass is 10.2. The fourth-order valence-corrected chi connectivity index (χ4v) is 2.98. The molecule has 2 nitrogen and oxygen atoms in total. The summed E-state index contributed by atoms with van der Waals surface area (Å²) in [6.07, 6.45) is 3.34. The highest BCUT2D eigenvalue weighted by Crippen LogP contribution is 2.27. The van der Waals surface area contributed by atoms with Gasteiger partial charge in [-0.1, -0.05) is 30.4 Å². The van der Waals surface area contributed by atoms with Crippen molar-refractivity contribution in [3.05, 3.63) is 23.8 Å². The molecule has 0 radical (unpaired) electrons. The Balaban J connectivity index is 2.02. The number of aromatic nitrogens is 1. The lowest BCUT2D eigenvalue weighted by molar-refractivity contribution is 0.853. The monoisotopic (exact) mass is 266 g/mol. The van der Waals surface area contributed by atoms with Crippen LogP contribution in [0.2, 0.25) is 0 Å². The molecule has 4 heteroatoms. The van der Waals surface area contributed by atoms with Crippen molar-refractivity contribution in [2.75, 3.05) is 18.1 Å². The van der Waals surface area contributed by atoms with E-state index in [1.165, 1.54) is 16.7 Å². The Labute approximate surface area is 111 Å². The Morgan fingerprint density at radius 1 is 1.47 bits per heavy atom. The molecule has 0 aliphatic rings. The zero-order chi connectivity index (χ0) is 12.3. The van der Waals surface area contributed by atoms with Crippen LogP contribution in [0.15, 0.2) is 18.2 Å². The van der Waals surface area contributed by atoms with Gasteiger partial charge in [0.1, 0.15) is 0 Å². The van der Waals surface area contributed by atoms with E-state index in [1.54, 1.807) is 11.3 Å². The fourth-order valence-electron chi connectivity index (χ4n) is 1.66. The molecule has 1 aromatic carbocycles. The minimum atomic E-state index is 0.707. The van der Waals surface area contributed by atoms with Gasteiger partial charge in [0.05, 0.1) is 10.2 Å². The van der Waals surface area contributed by atoms with Crippen LogP contribution in [0.3, 0.4) is 0 Å². The van der Waals surface area contributed by atoms with Crippen molar-refractivity contribution in [2.24, 2.45) is 0 Å². The zero-order valence-electron chi connectivity index (χ0n) is 10.5. The number of aryl methyl sites for hydroxylation is 1. The van der Waals surface area contributed by atoms with E-state index in [0.29, 0.717) is 5.25 Å². The lowest BCUT2D eigenvalue weighted by Gasteiger charge is -2.07. The largest absolute Gasteiger partial charge is 0.361 e. The maximum Gasteiger partial charge on any atom is 0.183 e. The van der Waals surface area contributed by atoms with Crippen molar-refractivity contribution in [2.45, 2.75) is 25.5 Å². The van der Waals surface area contributed by atoms with E-state index in [1.807, 2.05) is 11.8 Å². The summed E-state index contributed by atoms with van der Waals surface area (Å²) in [5.74, 6) is 0. The molecule has 0 aliphatic heterocycles. The number of para-hydroxylation sites is 1. The predicted octanol–water partition coefficient (Wildman–Crippen LogP) is 4.16. The summed E-state index contributed by atoms with van der Waals surface area (Å²) in [6.45, 7) is 5.37. The number of thioether (sulfide) groups is 1. The first-order valence-corrected chi connectivity index (χ1v) is 7.94. The van der Waals surface area contributed by atoms with Gasteiger partial charge in [0.25, 0.3) is 0 Å². The van der Waals surface area contributed by atoms with Crippen molar-refractivity contribution >= 4 is 38.4 Å². The van der Waals surface area contributed by atoms with E-state index < -0.39 is 0 Å². The molecule has 0 bridgehead atoms. The molecule has 0 aliphatic carbocycles. The molecule has 92 valence electrons. The van der Waals surface area contributed by atoms with Gasteiger partial charge in [-0.15, -0.1) is 0 Å². The first-order valence-electron chi connectivity index (χ1n) is 5.83. The lowest BCUT2D eigenvalue weighted by Crippen LogP contribution is -2.07. The van der Waals surface area contributed by atoms with Crippen molar-refractivity contribution in [3.8, 4) is 0 Å². The number of nitrogens with zero attached hydrogens (tertiary/aromatic N) is 1. The van der Waals surface area contributed by atoms with Crippen LogP contribution in [0.5, 0.6) is 0 Å². The Kier molecular flexibility index (Phi) is 4.29. The third kappa shape index (κ3) is 3.13. The number of fused-ring (bicyclic) bond motifs is 1. The van der Waals surface area contributed by atoms with Gasteiger partial charge < -0.3 is 5.32 Å². The maximum absolute atomic E-state index is 4.64. The maximum atomic E-state index is 4.64. The van der Waals surface area contributed by atoms with E-state index in [4.69, 9.17) is 0 Å². The Morgan fingerprint density at radius 3 is 3.00 bits per heavy atom. The van der Waals surface area contributed by atoms with E-state index in [-0.39, 0.29) is 0 Å². The summed E-state index contributed by atoms with van der Waals surface area (Å²) in [7, 11) is 0. The normalized spacial score (nSPS) is 12.9. The molecule has 17 heavy (non-hydrogen) atoms. The first-order chi connectivity index (χ1) is 8.20. The van der Waals surface area contributed by atoms with Gasteiger partial charge in [-0.05, 0) is 31.2 Å². The molecule has 0 saturated heterocycles. The average Bonchev–Trinajstić information content (AvgIpc) is 2.73. The number of hydrogen-bond acceptors (Lipinski definition) is 4. The summed E-state index contributed by atoms with van der Waals surface area (Å²) in [6, 6.07) is 6.34. The van der Waals surface area contributed by atoms with Crippen molar-refractivity contribution < 1.29 is 0 Å². The van der Waals surface area contributed by atoms with Crippen molar-refractivity contribution in [3.63, 3.8) is 0 Å². The fraction of sp³-hybridized carbons (Fsp3) is 0.462. The Bertz CT molecular complexity index is 493. The van der Waals surface area contributed by atoms with E-state index in [2.05, 4.69) is 48.6 Å². The molecule has 1 unspecified atom stereocenters. The van der Waals surface area contributed by atoms with Gasteiger partial charge in [0, 0.05) is 11.8 Å². The highest BCUT2D eigenvalue weighted by molar-refractivity contribution is 7.99. The number of anilines is 1. The van der Waals surface area contributed by atoms with Crippen LogP contribution in [0.25, 0.3) is 10.2 Å². The quantitative estimate of drug-likeness (QED) is 0.879. The Hall–Kier alpha value is -0.740. The number of hydrogen-bond donors (Lipinski definition) is 1. The van der Waals surface area contributed by atoms with E-state index >= 15 is 0 Å². The second kappa shape index (κ2) is 5.74. The van der Waals surface area contributed by atoms with Crippen LogP contribution in [0, 0.1) is 6.92 Å². The third-order valence-corrected chi connectivity index (χ3v) is 4.87. The standard InChI is InChI=1S/C13H18N2S2/c1-9-5-4-6-11-12(9)15-13(17-11)14-8-7-10(2)16-3/h4-6,10H,7-8H2,1-3H3,(H,14,15). The minimum Gasteiger partial charge on any atom is -0.361 e. The molecule has 1 N–H and O–H groups in total. The number of benzene rings is 1. The summed E-state index contributed by atoms with van der Waals surface area (Å²) in [4.78, 5) is 4.64. The molecule has 0 fully saturated rings. The van der Waals surface area contributed by atoms with Crippen LogP contribution in [-0.2, 0) is 0 Å². The van der Waals surface area contributed by atoms with Gasteiger partial charge in [-0.25, -0.2) is 4.98 Å². The first kappa shape index (κ1) is 12.7. The Morgan fingerprint density at radius 2 is 2.29 bits per heavy atom. The van der Waals surface area contributed by atoms with Crippen molar-refractivity contribution in [1.82, 2.24) is 4.98 Å². The second-order valence-electron chi connectivity index (χ2n) is 4.20. The van der Waals surface area contributed by atoms with Crippen LogP contribution >= 0.6 is 23.1 Å². The van der Waals surface area contributed by atoms with Gasteiger partial charge in [0.2, 0.25) is 0 Å². The molecular weight excluding hydrogens is 248 g/mol. The highest BCUT2D eigenvalue weighted by atomic mass is 32.2. The topological polar surface area (TPSA) is 24.9 Å². The summed E-state index contributed by atoms with van der Waals surface area (Å²) < 4.78 is 1.27. The number of rotatable bonds is 5. The van der Waals surface area contributed by atoms with Crippen LogP contribution in [-0.4, -0.2) is 23.0 Å². The van der Waals surface area contributed by atoms with Gasteiger partial charge >= 0.3 is 0 Å². The average molecular weight is 266 g/mol. The van der Waals surface area contributed by atoms with E-state index in [9.17, 15) is 0 Å². The third-order valence-electron chi connectivity index (χ3n) is 2.85. The zero-order valence-corrected chi connectivity index (χ0v) is 12.1.